The van der Waals surface area contributed by atoms with Crippen LogP contribution in [0.15, 0.2) is 16.9 Å². The maximum Gasteiger partial charge on any atom is 0.266 e. The predicted octanol–water partition coefficient (Wildman–Crippen LogP) is 2.62. The molecule has 1 amide bonds. The maximum absolute atomic E-state index is 12.7. The second-order valence-corrected chi connectivity index (χ2v) is 7.72. The zero-order valence-corrected chi connectivity index (χ0v) is 14.9. The van der Waals surface area contributed by atoms with Crippen LogP contribution >= 0.6 is 0 Å². The molecule has 1 aliphatic heterocycles. The first-order valence-corrected chi connectivity index (χ1v) is 9.36. The van der Waals surface area contributed by atoms with Crippen molar-refractivity contribution >= 4 is 5.91 Å². The molecule has 0 N–H and O–H groups in total. The quantitative estimate of drug-likeness (QED) is 0.855. The number of hydrogen-bond donors (Lipinski definition) is 0. The number of carbonyl (C=O) groups is 1. The van der Waals surface area contributed by atoms with Crippen molar-refractivity contribution in [2.45, 2.75) is 58.9 Å². The maximum atomic E-state index is 12.7. The van der Waals surface area contributed by atoms with Crippen molar-refractivity contribution in [1.82, 2.24) is 14.7 Å². The zero-order chi connectivity index (χ0) is 17.1. The van der Waals surface area contributed by atoms with Crippen LogP contribution in [0.5, 0.6) is 0 Å². The van der Waals surface area contributed by atoms with Crippen LogP contribution < -0.4 is 5.56 Å². The van der Waals surface area contributed by atoms with Gasteiger partial charge in [-0.05, 0) is 63.4 Å². The highest BCUT2D eigenvalue weighted by molar-refractivity contribution is 5.79. The molecule has 0 spiro atoms. The molecular weight excluding hydrogens is 302 g/mol. The Morgan fingerprint density at radius 1 is 1.12 bits per heavy atom. The van der Waals surface area contributed by atoms with E-state index in [0.717, 1.165) is 50.4 Å². The summed E-state index contributed by atoms with van der Waals surface area (Å²) in [6, 6.07) is 3.34. The van der Waals surface area contributed by atoms with Crippen molar-refractivity contribution in [3.63, 3.8) is 0 Å². The summed E-state index contributed by atoms with van der Waals surface area (Å²) in [5.74, 6) is 1.83. The summed E-state index contributed by atoms with van der Waals surface area (Å²) in [6.45, 7) is 6.52. The smallest absolute Gasteiger partial charge is 0.266 e. The Morgan fingerprint density at radius 2 is 1.79 bits per heavy atom. The molecule has 5 heteroatoms. The van der Waals surface area contributed by atoms with Crippen LogP contribution in [-0.2, 0) is 11.3 Å². The average Bonchev–Trinajstić information content (AvgIpc) is 2.59. The molecule has 132 valence electrons. The molecule has 5 nitrogen and oxygen atoms in total. The highest BCUT2D eigenvalue weighted by Crippen LogP contribution is 2.30. The molecule has 2 heterocycles. The standard InChI is InChI=1S/C19H29N3O2/c1-14-3-6-17(7-4-14)19(24)21-11-9-16(10-12-21)13-22-18(23)8-5-15(2)20-22/h5,8,14,16-17H,3-4,6-7,9-13H2,1-2H3. The fraction of sp³-hybridized carbons (Fsp3) is 0.737. The van der Waals surface area contributed by atoms with Crippen LogP contribution in [-0.4, -0.2) is 33.7 Å². The molecule has 2 aliphatic rings. The van der Waals surface area contributed by atoms with Crippen molar-refractivity contribution in [2.24, 2.45) is 17.8 Å². The molecule has 3 rings (SSSR count). The van der Waals surface area contributed by atoms with Crippen molar-refractivity contribution in [3.8, 4) is 0 Å². The number of nitrogens with zero attached hydrogens (tertiary/aromatic N) is 3. The van der Waals surface area contributed by atoms with Crippen LogP contribution in [0, 0.1) is 24.7 Å². The first kappa shape index (κ1) is 17.2. The third-order valence-electron chi connectivity index (χ3n) is 5.72. The van der Waals surface area contributed by atoms with E-state index in [4.69, 9.17) is 0 Å². The number of piperidine rings is 1. The molecule has 0 radical (unpaired) electrons. The molecule has 0 bridgehead atoms. The van der Waals surface area contributed by atoms with Crippen LogP contribution in [0.2, 0.25) is 0 Å². The summed E-state index contributed by atoms with van der Waals surface area (Å²) in [4.78, 5) is 26.6. The van der Waals surface area contributed by atoms with Gasteiger partial charge in [-0.3, -0.25) is 9.59 Å². The lowest BCUT2D eigenvalue weighted by Crippen LogP contribution is -2.43. The topological polar surface area (TPSA) is 55.2 Å². The first-order valence-electron chi connectivity index (χ1n) is 9.36. The molecule has 0 aromatic carbocycles. The number of rotatable bonds is 3. The van der Waals surface area contributed by atoms with E-state index in [1.165, 1.54) is 12.8 Å². The Bertz CT molecular complexity index is 624. The van der Waals surface area contributed by atoms with Crippen LogP contribution in [0.3, 0.4) is 0 Å². The summed E-state index contributed by atoms with van der Waals surface area (Å²) in [5.41, 5.74) is 0.837. The SMILES string of the molecule is Cc1ccc(=O)n(CC2CCN(C(=O)C3CCC(C)CC3)CC2)n1. The summed E-state index contributed by atoms with van der Waals surface area (Å²) in [5, 5.41) is 4.33. The van der Waals surface area contributed by atoms with Gasteiger partial charge in [0.1, 0.15) is 0 Å². The second kappa shape index (κ2) is 7.49. The van der Waals surface area contributed by atoms with E-state index < -0.39 is 0 Å². The van der Waals surface area contributed by atoms with Crippen LogP contribution in [0.4, 0.5) is 0 Å². The van der Waals surface area contributed by atoms with Gasteiger partial charge >= 0.3 is 0 Å². The van der Waals surface area contributed by atoms with Crippen LogP contribution in [0.25, 0.3) is 0 Å². The van der Waals surface area contributed by atoms with Gasteiger partial charge in [0.15, 0.2) is 0 Å². The Hall–Kier alpha value is -1.65. The number of amides is 1. The molecule has 0 unspecified atom stereocenters. The molecule has 1 saturated heterocycles. The van der Waals surface area contributed by atoms with Gasteiger partial charge in [0.25, 0.3) is 5.56 Å². The summed E-state index contributed by atoms with van der Waals surface area (Å²) >= 11 is 0. The minimum atomic E-state index is -0.0320. The highest BCUT2D eigenvalue weighted by atomic mass is 16.2. The van der Waals surface area contributed by atoms with E-state index in [-0.39, 0.29) is 11.5 Å². The number of likely N-dealkylation sites (tertiary alicyclic amines) is 1. The molecular formula is C19H29N3O2. The average molecular weight is 331 g/mol. The predicted molar refractivity (Wildman–Crippen MR) is 93.7 cm³/mol. The summed E-state index contributed by atoms with van der Waals surface area (Å²) < 4.78 is 1.58. The van der Waals surface area contributed by atoms with Gasteiger partial charge in [0.2, 0.25) is 5.91 Å². The Balaban J connectivity index is 1.51. The largest absolute Gasteiger partial charge is 0.342 e. The monoisotopic (exact) mass is 331 g/mol. The number of hydrogen-bond acceptors (Lipinski definition) is 3. The van der Waals surface area contributed by atoms with Gasteiger partial charge < -0.3 is 4.90 Å². The molecule has 1 aromatic heterocycles. The fourth-order valence-corrected chi connectivity index (χ4v) is 4.03. The van der Waals surface area contributed by atoms with Gasteiger partial charge in [-0.15, -0.1) is 0 Å². The third kappa shape index (κ3) is 4.05. The number of aryl methyl sites for hydroxylation is 1. The first-order chi connectivity index (χ1) is 11.5. The lowest BCUT2D eigenvalue weighted by atomic mass is 9.82. The van der Waals surface area contributed by atoms with Gasteiger partial charge in [0.05, 0.1) is 5.69 Å². The Kier molecular flexibility index (Phi) is 5.36. The molecule has 1 saturated carbocycles. The van der Waals surface area contributed by atoms with E-state index in [0.29, 0.717) is 18.4 Å². The minimum absolute atomic E-state index is 0.0320. The summed E-state index contributed by atoms with van der Waals surface area (Å²) in [6.07, 6.45) is 6.43. The van der Waals surface area contributed by atoms with Crippen molar-refractivity contribution in [2.75, 3.05) is 13.1 Å². The second-order valence-electron chi connectivity index (χ2n) is 7.72. The van der Waals surface area contributed by atoms with Crippen LogP contribution in [0.1, 0.15) is 51.1 Å². The van der Waals surface area contributed by atoms with E-state index >= 15 is 0 Å². The number of carbonyl (C=O) groups excluding carboxylic acids is 1. The van der Waals surface area contributed by atoms with E-state index in [2.05, 4.69) is 16.9 Å². The van der Waals surface area contributed by atoms with Crippen molar-refractivity contribution < 1.29 is 4.79 Å². The third-order valence-corrected chi connectivity index (χ3v) is 5.72. The molecule has 2 fully saturated rings. The lowest BCUT2D eigenvalue weighted by Gasteiger charge is -2.36. The van der Waals surface area contributed by atoms with E-state index in [1.54, 1.807) is 16.8 Å². The van der Waals surface area contributed by atoms with Gasteiger partial charge in [0, 0.05) is 31.6 Å². The van der Waals surface area contributed by atoms with Gasteiger partial charge in [-0.1, -0.05) is 6.92 Å². The molecule has 1 aliphatic carbocycles. The van der Waals surface area contributed by atoms with Gasteiger partial charge in [-0.2, -0.15) is 5.10 Å². The zero-order valence-electron chi connectivity index (χ0n) is 14.9. The van der Waals surface area contributed by atoms with Crippen molar-refractivity contribution in [1.29, 1.82) is 0 Å². The lowest BCUT2D eigenvalue weighted by molar-refractivity contribution is -0.138. The molecule has 1 aromatic rings. The Labute approximate surface area is 144 Å². The normalized spacial score (nSPS) is 25.7. The number of aromatic nitrogens is 2. The van der Waals surface area contributed by atoms with E-state index in [9.17, 15) is 9.59 Å². The molecule has 0 atom stereocenters. The van der Waals surface area contributed by atoms with Crippen molar-refractivity contribution in [3.05, 3.63) is 28.2 Å². The Morgan fingerprint density at radius 3 is 2.46 bits per heavy atom. The minimum Gasteiger partial charge on any atom is -0.342 e. The molecule has 24 heavy (non-hydrogen) atoms. The van der Waals surface area contributed by atoms with E-state index in [1.807, 2.05) is 6.92 Å². The highest BCUT2D eigenvalue weighted by Gasteiger charge is 2.30. The van der Waals surface area contributed by atoms with Gasteiger partial charge in [-0.25, -0.2) is 4.68 Å². The fourth-order valence-electron chi connectivity index (χ4n) is 4.03. The summed E-state index contributed by atoms with van der Waals surface area (Å²) in [7, 11) is 0.